The van der Waals surface area contributed by atoms with Crippen LogP contribution < -0.4 is 9.80 Å². The lowest BCUT2D eigenvalue weighted by Gasteiger charge is -2.33. The molecule has 2 aromatic rings. The zero-order valence-corrected chi connectivity index (χ0v) is 14.6. The second-order valence-electron chi connectivity index (χ2n) is 6.08. The summed E-state index contributed by atoms with van der Waals surface area (Å²) < 4.78 is 4.73. The van der Waals surface area contributed by atoms with E-state index in [0.717, 1.165) is 37.7 Å². The van der Waals surface area contributed by atoms with Crippen molar-refractivity contribution in [1.29, 1.82) is 0 Å². The van der Waals surface area contributed by atoms with Crippen LogP contribution in [-0.4, -0.2) is 39.3 Å². The molecule has 0 saturated carbocycles. The molecule has 126 valence electrons. The SMILES string of the molecule is COC(=O)c1ccc(C[NH+]2CCN(c3cccc(Cl)c3)CC2)cc1. The van der Waals surface area contributed by atoms with Crippen LogP contribution in [0.5, 0.6) is 0 Å². The number of methoxy groups -OCH3 is 1. The standard InChI is InChI=1S/C19H21ClN2O2/c1-24-19(23)16-7-5-15(6-8-16)14-21-9-11-22(12-10-21)18-4-2-3-17(20)13-18/h2-8,13H,9-12,14H2,1H3/p+1. The number of rotatable bonds is 4. The van der Waals surface area contributed by atoms with E-state index in [1.807, 2.05) is 42.5 Å². The normalized spacial score (nSPS) is 15.3. The van der Waals surface area contributed by atoms with E-state index in [1.165, 1.54) is 18.4 Å². The van der Waals surface area contributed by atoms with Crippen LogP contribution in [0, 0.1) is 0 Å². The topological polar surface area (TPSA) is 34.0 Å². The van der Waals surface area contributed by atoms with Crippen LogP contribution in [0.2, 0.25) is 5.02 Å². The van der Waals surface area contributed by atoms with Gasteiger partial charge in [-0.15, -0.1) is 0 Å². The average molecular weight is 346 g/mol. The lowest BCUT2D eigenvalue weighted by Crippen LogP contribution is -3.13. The van der Waals surface area contributed by atoms with Crippen molar-refractivity contribution in [2.75, 3.05) is 38.2 Å². The Morgan fingerprint density at radius 3 is 2.50 bits per heavy atom. The highest BCUT2D eigenvalue weighted by Gasteiger charge is 2.20. The van der Waals surface area contributed by atoms with Crippen molar-refractivity contribution in [1.82, 2.24) is 0 Å². The van der Waals surface area contributed by atoms with Crippen molar-refractivity contribution in [3.63, 3.8) is 0 Å². The summed E-state index contributed by atoms with van der Waals surface area (Å²) >= 11 is 6.08. The van der Waals surface area contributed by atoms with Gasteiger partial charge in [0.1, 0.15) is 6.54 Å². The number of piperazine rings is 1. The van der Waals surface area contributed by atoms with Gasteiger partial charge in [-0.3, -0.25) is 0 Å². The van der Waals surface area contributed by atoms with Crippen molar-refractivity contribution in [2.24, 2.45) is 0 Å². The van der Waals surface area contributed by atoms with Gasteiger partial charge < -0.3 is 14.5 Å². The number of hydrogen-bond donors (Lipinski definition) is 1. The molecule has 1 aliphatic heterocycles. The first kappa shape index (κ1) is 16.8. The first-order valence-electron chi connectivity index (χ1n) is 8.17. The Kier molecular flexibility index (Phi) is 5.38. The molecule has 4 nitrogen and oxygen atoms in total. The minimum atomic E-state index is -0.288. The molecule has 0 bridgehead atoms. The van der Waals surface area contributed by atoms with Gasteiger partial charge in [-0.25, -0.2) is 4.79 Å². The van der Waals surface area contributed by atoms with Crippen LogP contribution >= 0.6 is 11.6 Å². The number of nitrogens with one attached hydrogen (secondary N) is 1. The lowest BCUT2D eigenvalue weighted by molar-refractivity contribution is -0.914. The molecule has 1 fully saturated rings. The number of carbonyl (C=O) groups is 1. The van der Waals surface area contributed by atoms with Crippen LogP contribution in [0.25, 0.3) is 0 Å². The summed E-state index contributed by atoms with van der Waals surface area (Å²) in [6, 6.07) is 15.8. The Morgan fingerprint density at radius 2 is 1.88 bits per heavy atom. The monoisotopic (exact) mass is 345 g/mol. The van der Waals surface area contributed by atoms with Gasteiger partial charge in [0.2, 0.25) is 0 Å². The minimum Gasteiger partial charge on any atom is -0.465 e. The van der Waals surface area contributed by atoms with Crippen LogP contribution in [0.4, 0.5) is 5.69 Å². The number of anilines is 1. The maximum atomic E-state index is 11.5. The molecule has 0 aromatic heterocycles. The van der Waals surface area contributed by atoms with E-state index in [0.29, 0.717) is 5.56 Å². The largest absolute Gasteiger partial charge is 0.465 e. The van der Waals surface area contributed by atoms with Crippen molar-refractivity contribution in [3.8, 4) is 0 Å². The van der Waals surface area contributed by atoms with E-state index in [9.17, 15) is 4.79 Å². The zero-order valence-electron chi connectivity index (χ0n) is 13.8. The van der Waals surface area contributed by atoms with Gasteiger partial charge in [-0.2, -0.15) is 0 Å². The van der Waals surface area contributed by atoms with Gasteiger partial charge in [-0.1, -0.05) is 29.8 Å². The van der Waals surface area contributed by atoms with E-state index in [1.54, 1.807) is 4.90 Å². The van der Waals surface area contributed by atoms with E-state index in [2.05, 4.69) is 11.0 Å². The fourth-order valence-corrected chi connectivity index (χ4v) is 3.28. The van der Waals surface area contributed by atoms with Gasteiger partial charge >= 0.3 is 5.97 Å². The highest BCUT2D eigenvalue weighted by molar-refractivity contribution is 6.30. The second kappa shape index (κ2) is 7.69. The molecule has 0 aliphatic carbocycles. The fraction of sp³-hybridized carbons (Fsp3) is 0.316. The molecule has 24 heavy (non-hydrogen) atoms. The van der Waals surface area contributed by atoms with Crippen molar-refractivity contribution in [3.05, 3.63) is 64.7 Å². The van der Waals surface area contributed by atoms with Crippen molar-refractivity contribution >= 4 is 23.3 Å². The third kappa shape index (κ3) is 4.08. The third-order valence-electron chi connectivity index (χ3n) is 4.47. The molecule has 1 aliphatic rings. The second-order valence-corrected chi connectivity index (χ2v) is 6.52. The van der Waals surface area contributed by atoms with E-state index in [4.69, 9.17) is 16.3 Å². The van der Waals surface area contributed by atoms with Crippen LogP contribution in [0.1, 0.15) is 15.9 Å². The van der Waals surface area contributed by atoms with Gasteiger partial charge in [0.05, 0.1) is 38.9 Å². The summed E-state index contributed by atoms with van der Waals surface area (Å²) in [7, 11) is 1.40. The molecule has 1 saturated heterocycles. The van der Waals surface area contributed by atoms with Gasteiger partial charge in [0.25, 0.3) is 0 Å². The number of carbonyl (C=O) groups excluding carboxylic acids is 1. The summed E-state index contributed by atoms with van der Waals surface area (Å²) in [5, 5.41) is 0.785. The van der Waals surface area contributed by atoms with Gasteiger partial charge in [0, 0.05) is 16.3 Å². The van der Waals surface area contributed by atoms with Crippen LogP contribution in [0.3, 0.4) is 0 Å². The van der Waals surface area contributed by atoms with Crippen molar-refractivity contribution in [2.45, 2.75) is 6.54 Å². The molecule has 0 atom stereocenters. The highest BCUT2D eigenvalue weighted by atomic mass is 35.5. The summed E-state index contributed by atoms with van der Waals surface area (Å²) in [5.41, 5.74) is 3.04. The highest BCUT2D eigenvalue weighted by Crippen LogP contribution is 2.19. The fourth-order valence-electron chi connectivity index (χ4n) is 3.10. The number of esters is 1. The first-order valence-corrected chi connectivity index (χ1v) is 8.55. The minimum absolute atomic E-state index is 0.288. The maximum absolute atomic E-state index is 11.5. The summed E-state index contributed by atoms with van der Waals surface area (Å²) in [6.45, 7) is 5.20. The Bertz CT molecular complexity index is 695. The number of halogens is 1. The third-order valence-corrected chi connectivity index (χ3v) is 4.71. The van der Waals surface area contributed by atoms with E-state index in [-0.39, 0.29) is 5.97 Å². The molecule has 2 aromatic carbocycles. The molecular formula is C19H22ClN2O2+. The van der Waals surface area contributed by atoms with Gasteiger partial charge in [-0.05, 0) is 30.3 Å². The van der Waals surface area contributed by atoms with E-state index >= 15 is 0 Å². The number of nitrogens with zero attached hydrogens (tertiary/aromatic N) is 1. The number of benzene rings is 2. The molecule has 1 heterocycles. The predicted molar refractivity (Wildman–Crippen MR) is 95.8 cm³/mol. The number of hydrogen-bond acceptors (Lipinski definition) is 3. The molecule has 3 rings (SSSR count). The lowest BCUT2D eigenvalue weighted by atomic mass is 10.1. The van der Waals surface area contributed by atoms with Gasteiger partial charge in [0.15, 0.2) is 0 Å². The molecule has 0 unspecified atom stereocenters. The Balaban J connectivity index is 1.54. The smallest absolute Gasteiger partial charge is 0.337 e. The van der Waals surface area contributed by atoms with E-state index < -0.39 is 0 Å². The predicted octanol–water partition coefficient (Wildman–Crippen LogP) is 2.03. The summed E-state index contributed by atoms with van der Waals surface area (Å²) in [4.78, 5) is 15.4. The molecule has 0 amide bonds. The number of ether oxygens (including phenoxy) is 1. The van der Waals surface area contributed by atoms with Crippen LogP contribution in [0.15, 0.2) is 48.5 Å². The first-order chi connectivity index (χ1) is 11.7. The number of quaternary nitrogens is 1. The quantitative estimate of drug-likeness (QED) is 0.861. The molecule has 0 spiro atoms. The van der Waals surface area contributed by atoms with Crippen molar-refractivity contribution < 1.29 is 14.4 Å². The maximum Gasteiger partial charge on any atom is 0.337 e. The Morgan fingerprint density at radius 1 is 1.17 bits per heavy atom. The molecule has 1 N–H and O–H groups in total. The Hall–Kier alpha value is -2.04. The van der Waals surface area contributed by atoms with Crippen LogP contribution in [-0.2, 0) is 11.3 Å². The molecule has 5 heteroatoms. The summed E-state index contributed by atoms with van der Waals surface area (Å²) in [5.74, 6) is -0.288. The average Bonchev–Trinajstić information content (AvgIpc) is 2.62. The summed E-state index contributed by atoms with van der Waals surface area (Å²) in [6.07, 6.45) is 0. The molecular weight excluding hydrogens is 324 g/mol. The Labute approximate surface area is 147 Å². The zero-order chi connectivity index (χ0) is 16.9. The molecule has 0 radical (unpaired) electrons.